The molecule has 0 spiro atoms. The fraction of sp³-hybridized carbons (Fsp3) is 0.320. The second-order valence-corrected chi connectivity index (χ2v) is 9.10. The van der Waals surface area contributed by atoms with Gasteiger partial charge in [0.15, 0.2) is 0 Å². The van der Waals surface area contributed by atoms with Crippen LogP contribution in [0.25, 0.3) is 16.8 Å². The molecule has 2 aliphatic rings. The van der Waals surface area contributed by atoms with Crippen LogP contribution in [0.5, 0.6) is 0 Å². The van der Waals surface area contributed by atoms with Crippen LogP contribution in [0, 0.1) is 5.82 Å². The molecule has 38 heavy (non-hydrogen) atoms. The standard InChI is InChI=1S/C25H26FN7O5/c1-31(2)14-24(34)36-15-18-10-23(29-38-18)22-6-3-16(11-27-22)20-5-4-17(9-21(20)26)33-13-19(37-25(33)35)12-32-8-7-28-30-32/h3-11,18-19,29H,12-15H2,1-2H3/t18?,19-/m0/s1. The Morgan fingerprint density at radius 2 is 2.16 bits per heavy atom. The molecule has 1 fully saturated rings. The van der Waals surface area contributed by atoms with E-state index >= 15 is 4.39 Å². The van der Waals surface area contributed by atoms with Crippen LogP contribution in [0.1, 0.15) is 5.69 Å². The highest BCUT2D eigenvalue weighted by Gasteiger charge is 2.33. The van der Waals surface area contributed by atoms with Gasteiger partial charge in [0, 0.05) is 23.5 Å². The van der Waals surface area contributed by atoms with Gasteiger partial charge in [-0.15, -0.1) is 5.10 Å². The number of anilines is 1. The van der Waals surface area contributed by atoms with Gasteiger partial charge < -0.3 is 9.47 Å². The molecule has 3 aromatic rings. The molecule has 12 nitrogen and oxygen atoms in total. The summed E-state index contributed by atoms with van der Waals surface area (Å²) in [6.45, 7) is 0.891. The van der Waals surface area contributed by atoms with Crippen LogP contribution in [-0.4, -0.2) is 82.9 Å². The maximum Gasteiger partial charge on any atom is 0.414 e. The minimum atomic E-state index is -0.543. The molecular weight excluding hydrogens is 497 g/mol. The van der Waals surface area contributed by atoms with Gasteiger partial charge in [0.1, 0.15) is 24.6 Å². The number of hydroxylamine groups is 1. The number of nitrogens with one attached hydrogen (secondary N) is 1. The third kappa shape index (κ3) is 5.79. The van der Waals surface area contributed by atoms with E-state index in [1.165, 1.54) is 11.0 Å². The Bertz CT molecular complexity index is 1330. The number of hydrogen-bond donors (Lipinski definition) is 1. The van der Waals surface area contributed by atoms with Crippen molar-refractivity contribution in [3.05, 3.63) is 66.5 Å². The lowest BCUT2D eigenvalue weighted by Crippen LogP contribution is -2.27. The smallest absolute Gasteiger partial charge is 0.414 e. The third-order valence-corrected chi connectivity index (χ3v) is 5.88. The Hall–Kier alpha value is -4.36. The molecule has 2 aromatic heterocycles. The summed E-state index contributed by atoms with van der Waals surface area (Å²) in [5.41, 5.74) is 5.30. The lowest BCUT2D eigenvalue weighted by molar-refractivity contribution is -0.147. The summed E-state index contributed by atoms with van der Waals surface area (Å²) in [7, 11) is 3.56. The van der Waals surface area contributed by atoms with Crippen molar-refractivity contribution in [3.63, 3.8) is 0 Å². The van der Waals surface area contributed by atoms with E-state index < -0.39 is 24.1 Å². The van der Waals surface area contributed by atoms with Crippen molar-refractivity contribution in [2.75, 3.05) is 38.7 Å². The summed E-state index contributed by atoms with van der Waals surface area (Å²) in [5.74, 6) is -0.838. The van der Waals surface area contributed by atoms with Gasteiger partial charge in [0.25, 0.3) is 0 Å². The Kier molecular flexibility index (Phi) is 7.29. The van der Waals surface area contributed by atoms with E-state index in [1.54, 1.807) is 72.6 Å². The average Bonchev–Trinajstić information content (AvgIpc) is 3.65. The average molecular weight is 524 g/mol. The van der Waals surface area contributed by atoms with E-state index in [4.69, 9.17) is 14.3 Å². The number of pyridine rings is 1. The van der Waals surface area contributed by atoms with Crippen molar-refractivity contribution in [1.82, 2.24) is 30.4 Å². The maximum atomic E-state index is 15.1. The molecule has 1 N–H and O–H groups in total. The zero-order valence-electron chi connectivity index (χ0n) is 20.8. The van der Waals surface area contributed by atoms with Gasteiger partial charge in [-0.25, -0.2) is 13.9 Å². The summed E-state index contributed by atoms with van der Waals surface area (Å²) in [6.07, 6.45) is 5.14. The highest BCUT2D eigenvalue weighted by Crippen LogP contribution is 2.30. The molecule has 1 unspecified atom stereocenters. The minimum absolute atomic E-state index is 0.0740. The second-order valence-electron chi connectivity index (χ2n) is 9.10. The van der Waals surface area contributed by atoms with Gasteiger partial charge in [0.05, 0.1) is 42.9 Å². The normalized spacial score (nSPS) is 18.9. The van der Waals surface area contributed by atoms with Crippen LogP contribution in [-0.2, 0) is 25.7 Å². The van der Waals surface area contributed by atoms with Gasteiger partial charge in [-0.3, -0.25) is 29.9 Å². The molecule has 0 aliphatic carbocycles. The SMILES string of the molecule is CN(C)CC(=O)OCC1C=C(c2ccc(-c3ccc(N4C[C@H](Cn5ccnn5)OC4=O)cc3F)cn2)NO1. The lowest BCUT2D eigenvalue weighted by Gasteiger charge is -2.14. The Balaban J connectivity index is 1.21. The molecule has 0 saturated carbocycles. The first kappa shape index (κ1) is 25.3. The Morgan fingerprint density at radius 1 is 1.29 bits per heavy atom. The van der Waals surface area contributed by atoms with E-state index in [2.05, 4.69) is 20.8 Å². The molecule has 4 heterocycles. The molecule has 1 saturated heterocycles. The highest BCUT2D eigenvalue weighted by atomic mass is 19.1. The van der Waals surface area contributed by atoms with E-state index in [0.717, 1.165) is 0 Å². The quantitative estimate of drug-likeness (QED) is 0.416. The van der Waals surface area contributed by atoms with E-state index in [9.17, 15) is 9.59 Å². The fourth-order valence-electron chi connectivity index (χ4n) is 4.08. The molecule has 5 rings (SSSR count). The number of halogens is 1. The number of esters is 1. The number of ether oxygens (including phenoxy) is 2. The number of carbonyl (C=O) groups excluding carboxylic acids is 2. The Labute approximate surface area is 217 Å². The molecule has 13 heteroatoms. The highest BCUT2D eigenvalue weighted by molar-refractivity contribution is 5.90. The first-order valence-electron chi connectivity index (χ1n) is 11.9. The number of hydrogen-bond acceptors (Lipinski definition) is 10. The second kappa shape index (κ2) is 10.9. The summed E-state index contributed by atoms with van der Waals surface area (Å²) >= 11 is 0. The van der Waals surface area contributed by atoms with Gasteiger partial charge in [-0.2, -0.15) is 0 Å². The summed E-state index contributed by atoms with van der Waals surface area (Å²) in [4.78, 5) is 37.0. The Morgan fingerprint density at radius 3 is 2.87 bits per heavy atom. The number of likely N-dealkylation sites (N-methyl/N-ethyl adjacent to an activating group) is 1. The van der Waals surface area contributed by atoms with E-state index in [0.29, 0.717) is 34.8 Å². The van der Waals surface area contributed by atoms with Crippen molar-refractivity contribution >= 4 is 23.4 Å². The number of cyclic esters (lactones) is 1. The predicted octanol–water partition coefficient (Wildman–Crippen LogP) is 1.85. The van der Waals surface area contributed by atoms with Crippen LogP contribution in [0.2, 0.25) is 0 Å². The van der Waals surface area contributed by atoms with Crippen LogP contribution in [0.15, 0.2) is 55.0 Å². The first-order chi connectivity index (χ1) is 18.4. The van der Waals surface area contributed by atoms with Crippen molar-refractivity contribution < 1.29 is 28.3 Å². The fourth-order valence-corrected chi connectivity index (χ4v) is 4.08. The van der Waals surface area contributed by atoms with Crippen molar-refractivity contribution in [2.24, 2.45) is 0 Å². The third-order valence-electron chi connectivity index (χ3n) is 5.88. The lowest BCUT2D eigenvalue weighted by atomic mass is 10.1. The molecule has 0 radical (unpaired) electrons. The zero-order chi connectivity index (χ0) is 26.6. The number of carbonyl (C=O) groups is 2. The summed E-state index contributed by atoms with van der Waals surface area (Å²) in [5, 5.41) is 7.61. The summed E-state index contributed by atoms with van der Waals surface area (Å²) < 4.78 is 27.2. The maximum absolute atomic E-state index is 15.1. The summed E-state index contributed by atoms with van der Waals surface area (Å²) in [6, 6.07) is 8.05. The van der Waals surface area contributed by atoms with Gasteiger partial charge in [-0.05, 0) is 44.4 Å². The molecule has 198 valence electrons. The minimum Gasteiger partial charge on any atom is -0.462 e. The molecule has 1 aromatic carbocycles. The van der Waals surface area contributed by atoms with Crippen LogP contribution in [0.3, 0.4) is 0 Å². The van der Waals surface area contributed by atoms with E-state index in [-0.39, 0.29) is 25.7 Å². The van der Waals surface area contributed by atoms with Gasteiger partial charge in [-0.1, -0.05) is 11.3 Å². The number of aromatic nitrogens is 4. The number of rotatable bonds is 9. The number of benzene rings is 1. The first-order valence-corrected chi connectivity index (χ1v) is 11.9. The molecular formula is C25H26FN7O5. The number of nitrogens with zero attached hydrogens (tertiary/aromatic N) is 6. The van der Waals surface area contributed by atoms with Crippen LogP contribution >= 0.6 is 0 Å². The molecule has 0 bridgehead atoms. The van der Waals surface area contributed by atoms with Crippen LogP contribution in [0.4, 0.5) is 14.9 Å². The topological polar surface area (TPSA) is 124 Å². The van der Waals surface area contributed by atoms with Crippen molar-refractivity contribution in [3.8, 4) is 11.1 Å². The van der Waals surface area contributed by atoms with Gasteiger partial charge in [0.2, 0.25) is 0 Å². The molecule has 1 amide bonds. The predicted molar refractivity (Wildman–Crippen MR) is 133 cm³/mol. The van der Waals surface area contributed by atoms with Crippen molar-refractivity contribution in [2.45, 2.75) is 18.8 Å². The monoisotopic (exact) mass is 523 g/mol. The van der Waals surface area contributed by atoms with Gasteiger partial charge >= 0.3 is 12.1 Å². The van der Waals surface area contributed by atoms with Crippen molar-refractivity contribution in [1.29, 1.82) is 0 Å². The largest absolute Gasteiger partial charge is 0.462 e. The van der Waals surface area contributed by atoms with Crippen LogP contribution < -0.4 is 10.4 Å². The van der Waals surface area contributed by atoms with E-state index in [1.807, 2.05) is 0 Å². The number of amides is 1. The molecule has 2 atom stereocenters. The molecule has 2 aliphatic heterocycles. The zero-order valence-corrected chi connectivity index (χ0v) is 20.8.